The summed E-state index contributed by atoms with van der Waals surface area (Å²) in [6.45, 7) is 2.54. The molecular weight excluding hydrogens is 443 g/mol. The molecule has 0 bridgehead atoms. The number of thiocarbonyl (C=S) groups is 1. The highest BCUT2D eigenvalue weighted by Crippen LogP contribution is 2.48. The number of hydrogen-bond donors (Lipinski definition) is 3. The van der Waals surface area contributed by atoms with Crippen LogP contribution in [0.3, 0.4) is 0 Å². The summed E-state index contributed by atoms with van der Waals surface area (Å²) < 4.78 is 35.7. The van der Waals surface area contributed by atoms with E-state index in [0.717, 1.165) is 0 Å². The van der Waals surface area contributed by atoms with Crippen LogP contribution in [-0.2, 0) is 9.53 Å². The molecule has 2 amide bonds. The second-order valence-electron chi connectivity index (χ2n) is 7.76. The zero-order valence-electron chi connectivity index (χ0n) is 17.4. The minimum absolute atomic E-state index is 0.0727. The number of benzene rings is 1. The molecule has 1 atom stereocenters. The number of hydrogen-bond acceptors (Lipinski definition) is 6. The van der Waals surface area contributed by atoms with Crippen molar-refractivity contribution in [2.45, 2.75) is 38.2 Å². The molecule has 2 heterocycles. The molecule has 1 aromatic rings. The van der Waals surface area contributed by atoms with E-state index in [-0.39, 0.29) is 18.6 Å². The predicted octanol–water partition coefficient (Wildman–Crippen LogP) is 2.28. The molecule has 0 aliphatic carbocycles. The third kappa shape index (κ3) is 6.06. The first kappa shape index (κ1) is 23.7. The van der Waals surface area contributed by atoms with Crippen molar-refractivity contribution in [1.82, 2.24) is 10.0 Å². The molecule has 0 unspecified atom stereocenters. The molecule has 0 saturated carbocycles. The first-order chi connectivity index (χ1) is 14.7. The van der Waals surface area contributed by atoms with Gasteiger partial charge in [0.2, 0.25) is 5.91 Å². The van der Waals surface area contributed by atoms with Crippen molar-refractivity contribution in [1.29, 1.82) is 0 Å². The van der Waals surface area contributed by atoms with Crippen LogP contribution >= 0.6 is 22.7 Å². The van der Waals surface area contributed by atoms with Gasteiger partial charge in [-0.15, -0.1) is 0 Å². The predicted molar refractivity (Wildman–Crippen MR) is 122 cm³/mol. The minimum atomic E-state index is -2.35. The highest BCUT2D eigenvalue weighted by atomic mass is 32.3. The van der Waals surface area contributed by atoms with Crippen LogP contribution < -0.4 is 20.7 Å². The first-order valence-corrected chi connectivity index (χ1v) is 12.6. The summed E-state index contributed by atoms with van der Waals surface area (Å²) >= 11 is 5.12. The lowest BCUT2D eigenvalue weighted by molar-refractivity contribution is -0.116. The van der Waals surface area contributed by atoms with Gasteiger partial charge < -0.3 is 20.3 Å². The second kappa shape index (κ2) is 10.1. The summed E-state index contributed by atoms with van der Waals surface area (Å²) in [5.41, 5.74) is 6.09. The zero-order valence-corrected chi connectivity index (χ0v) is 19.0. The van der Waals surface area contributed by atoms with Gasteiger partial charge in [-0.3, -0.25) is 24.9 Å². The molecule has 2 aliphatic rings. The van der Waals surface area contributed by atoms with Crippen LogP contribution in [0.2, 0.25) is 0 Å². The van der Waals surface area contributed by atoms with E-state index in [0.29, 0.717) is 60.1 Å². The van der Waals surface area contributed by atoms with Gasteiger partial charge in [-0.05, 0) is 54.4 Å². The maximum Gasteiger partial charge on any atom is 0.414 e. The lowest BCUT2D eigenvalue weighted by Crippen LogP contribution is -2.36. The van der Waals surface area contributed by atoms with Crippen LogP contribution in [-0.4, -0.2) is 58.8 Å². The minimum Gasteiger partial charge on any atom is -0.801 e. The molecule has 1 aromatic carbocycles. The summed E-state index contributed by atoms with van der Waals surface area (Å²) in [5.74, 6) is -0.310. The van der Waals surface area contributed by atoms with Gasteiger partial charge in [0.25, 0.3) is 0 Å². The fraction of sp³-hybridized carbons (Fsp3) is 0.550. The van der Waals surface area contributed by atoms with E-state index in [9.17, 15) is 18.5 Å². The van der Waals surface area contributed by atoms with Crippen molar-refractivity contribution in [3.8, 4) is 0 Å². The number of nitrogens with two attached hydrogens (primary N) is 1. The van der Waals surface area contributed by atoms with Crippen LogP contribution in [0.5, 0.6) is 0 Å². The molecule has 3 rings (SSSR count). The summed E-state index contributed by atoms with van der Waals surface area (Å²) in [4.78, 5) is 25.3. The van der Waals surface area contributed by atoms with E-state index < -0.39 is 28.3 Å². The normalized spacial score (nSPS) is 28.0. The monoisotopic (exact) mass is 471 g/mol. The van der Waals surface area contributed by atoms with Gasteiger partial charge in [0.15, 0.2) is 0 Å². The molecular formula is C20H28FN4O4S2-. The van der Waals surface area contributed by atoms with Crippen molar-refractivity contribution in [3.63, 3.8) is 0 Å². The van der Waals surface area contributed by atoms with E-state index in [1.54, 1.807) is 12.1 Å². The number of carbonyl (C=O) groups is 2. The Bertz CT molecular complexity index is 848. The van der Waals surface area contributed by atoms with Crippen molar-refractivity contribution in [2.24, 2.45) is 5.73 Å². The van der Waals surface area contributed by atoms with Crippen LogP contribution in [0.4, 0.5) is 14.9 Å². The largest absolute Gasteiger partial charge is 0.801 e. The molecule has 11 heteroatoms. The summed E-state index contributed by atoms with van der Waals surface area (Å²) in [6, 6.07) is 4.74. The number of primary amides is 1. The van der Waals surface area contributed by atoms with Gasteiger partial charge in [0.1, 0.15) is 11.9 Å². The smallest absolute Gasteiger partial charge is 0.414 e. The van der Waals surface area contributed by atoms with Crippen molar-refractivity contribution in [2.75, 3.05) is 36.0 Å². The van der Waals surface area contributed by atoms with Gasteiger partial charge in [0, 0.05) is 0 Å². The Morgan fingerprint density at radius 2 is 2.13 bits per heavy atom. The Morgan fingerprint density at radius 3 is 2.74 bits per heavy atom. The summed E-state index contributed by atoms with van der Waals surface area (Å²) in [5, 5.41) is 3.05. The van der Waals surface area contributed by atoms with E-state index in [1.807, 2.05) is 6.92 Å². The van der Waals surface area contributed by atoms with Gasteiger partial charge in [-0.1, -0.05) is 25.2 Å². The van der Waals surface area contributed by atoms with Crippen molar-refractivity contribution in [3.05, 3.63) is 29.6 Å². The van der Waals surface area contributed by atoms with Crippen molar-refractivity contribution >= 4 is 45.4 Å². The molecule has 172 valence electrons. The second-order valence-corrected chi connectivity index (χ2v) is 11.0. The molecule has 0 spiro atoms. The molecule has 2 aliphatic heterocycles. The highest BCUT2D eigenvalue weighted by molar-refractivity contribution is 8.27. The molecule has 2 fully saturated rings. The van der Waals surface area contributed by atoms with Crippen LogP contribution in [0, 0.1) is 5.82 Å². The SMILES string of the molecule is CCC(=S)NC[C@H]1CN(c2ccc(C3CCS([O-])(NCC(N)=O)CC3)c(F)c2)C(=O)O1. The van der Waals surface area contributed by atoms with Crippen LogP contribution in [0.1, 0.15) is 37.7 Å². The number of carbonyl (C=O) groups excluding carboxylic acids is 2. The maximum atomic E-state index is 14.9. The highest BCUT2D eigenvalue weighted by Gasteiger charge is 2.33. The van der Waals surface area contributed by atoms with Gasteiger partial charge in [-0.2, -0.15) is 0 Å². The summed E-state index contributed by atoms with van der Waals surface area (Å²) in [6.07, 6.45) is 0.914. The number of rotatable bonds is 8. The Morgan fingerprint density at radius 1 is 1.42 bits per heavy atom. The van der Waals surface area contributed by atoms with Gasteiger partial charge >= 0.3 is 6.09 Å². The molecule has 31 heavy (non-hydrogen) atoms. The average Bonchev–Trinajstić information content (AvgIpc) is 3.12. The number of nitrogens with zero attached hydrogens (tertiary/aromatic N) is 1. The molecule has 8 nitrogen and oxygen atoms in total. The first-order valence-electron chi connectivity index (χ1n) is 10.3. The van der Waals surface area contributed by atoms with E-state index in [2.05, 4.69) is 10.0 Å². The summed E-state index contributed by atoms with van der Waals surface area (Å²) in [7, 11) is -2.35. The Labute approximate surface area is 188 Å². The number of ether oxygens (including phenoxy) is 1. The van der Waals surface area contributed by atoms with Crippen LogP contribution in [0.25, 0.3) is 0 Å². The standard InChI is InChI=1S/C20H29FN4O4S2/c1-2-19(30)23-10-15-12-25(20(27)29-15)14-3-4-16(17(21)9-14)13-5-7-31(28,8-6-13)24-11-18(22)26/h3-4,9,13,15,24,28H,2,5-8,10-12H2,1H3,(H2,22,26)(H,23,30)/p-1/t15-/m0/s1. The van der Waals surface area contributed by atoms with Crippen molar-refractivity contribution < 1.29 is 23.3 Å². The third-order valence-corrected chi connectivity index (χ3v) is 8.45. The molecule has 0 aromatic heterocycles. The molecule has 0 radical (unpaired) electrons. The fourth-order valence-corrected chi connectivity index (χ4v) is 6.09. The van der Waals surface area contributed by atoms with E-state index >= 15 is 0 Å². The van der Waals surface area contributed by atoms with Crippen LogP contribution in [0.15, 0.2) is 18.2 Å². The lowest BCUT2D eigenvalue weighted by atomic mass is 9.93. The van der Waals surface area contributed by atoms with Gasteiger partial charge in [0.05, 0.1) is 30.3 Å². The number of cyclic esters (lactones) is 1. The molecule has 2 saturated heterocycles. The lowest BCUT2D eigenvalue weighted by Gasteiger charge is -2.52. The number of nitrogens with one attached hydrogen (secondary N) is 2. The van der Waals surface area contributed by atoms with E-state index in [1.165, 1.54) is 11.0 Å². The molecule has 4 N–H and O–H groups in total. The number of halogens is 1. The average molecular weight is 472 g/mol. The Balaban J connectivity index is 1.60. The Hall–Kier alpha value is -1.95. The number of amides is 2. The Kier molecular flexibility index (Phi) is 7.73. The van der Waals surface area contributed by atoms with Gasteiger partial charge in [-0.25, -0.2) is 9.18 Å². The van der Waals surface area contributed by atoms with E-state index in [4.69, 9.17) is 22.7 Å². The zero-order chi connectivity index (χ0) is 22.6. The maximum absolute atomic E-state index is 14.9. The quantitative estimate of drug-likeness (QED) is 0.498. The number of anilines is 1. The topological polar surface area (TPSA) is 120 Å². The fourth-order valence-electron chi connectivity index (χ4n) is 3.78. The third-order valence-electron chi connectivity index (χ3n) is 5.56.